The minimum absolute atomic E-state index is 0.0126. The van der Waals surface area contributed by atoms with Gasteiger partial charge in [-0.25, -0.2) is 4.98 Å². The fraction of sp³-hybridized carbons (Fsp3) is 0.240. The highest BCUT2D eigenvalue weighted by atomic mass is 32.1. The highest BCUT2D eigenvalue weighted by Gasteiger charge is 2.44. The van der Waals surface area contributed by atoms with Crippen molar-refractivity contribution >= 4 is 33.3 Å². The molecule has 0 N–H and O–H groups in total. The van der Waals surface area contributed by atoms with Gasteiger partial charge in [0.15, 0.2) is 10.6 Å². The van der Waals surface area contributed by atoms with Crippen LogP contribution >= 0.6 is 11.3 Å². The van der Waals surface area contributed by atoms with Crippen molar-refractivity contribution in [3.8, 4) is 11.5 Å². The first-order valence-corrected chi connectivity index (χ1v) is 11.6. The topological polar surface area (TPSA) is 81.9 Å². The van der Waals surface area contributed by atoms with E-state index in [1.54, 1.807) is 29.8 Å². The van der Waals surface area contributed by atoms with Crippen LogP contribution in [0.15, 0.2) is 63.3 Å². The number of ether oxygens (including phenoxy) is 2. The lowest BCUT2D eigenvalue weighted by atomic mass is 9.98. The van der Waals surface area contributed by atoms with Gasteiger partial charge in [0.25, 0.3) is 5.91 Å². The van der Waals surface area contributed by atoms with E-state index in [1.807, 2.05) is 45.0 Å². The Balaban J connectivity index is 1.73. The SMILES string of the molecule is CCOc1ccc2c(=O)c3c(oc2c1)C(=O)N(c1nccs1)C3c1cccc(OC(C)C)c1. The first-order valence-electron chi connectivity index (χ1n) is 10.7. The predicted octanol–water partition coefficient (Wildman–Crippen LogP) is 5.19. The summed E-state index contributed by atoms with van der Waals surface area (Å²) in [6.45, 7) is 6.24. The average molecular weight is 463 g/mol. The lowest BCUT2D eigenvalue weighted by Gasteiger charge is -2.23. The number of carbonyl (C=O) groups excluding carboxylic acids is 1. The molecular formula is C25H22N2O5S. The van der Waals surface area contributed by atoms with E-state index >= 15 is 0 Å². The van der Waals surface area contributed by atoms with Gasteiger partial charge >= 0.3 is 0 Å². The third-order valence-electron chi connectivity index (χ3n) is 5.33. The van der Waals surface area contributed by atoms with E-state index in [4.69, 9.17) is 13.9 Å². The summed E-state index contributed by atoms with van der Waals surface area (Å²) in [5.74, 6) is 0.858. The minimum atomic E-state index is -0.679. The van der Waals surface area contributed by atoms with E-state index in [-0.39, 0.29) is 17.3 Å². The summed E-state index contributed by atoms with van der Waals surface area (Å²) in [7, 11) is 0. The molecule has 1 unspecified atom stereocenters. The molecule has 2 aromatic carbocycles. The van der Waals surface area contributed by atoms with Crippen LogP contribution in [0.25, 0.3) is 11.0 Å². The number of carbonyl (C=O) groups is 1. The molecule has 0 aliphatic carbocycles. The number of anilines is 1. The summed E-state index contributed by atoms with van der Waals surface area (Å²) in [5.41, 5.74) is 1.11. The molecule has 3 heterocycles. The number of thiazole rings is 1. The van der Waals surface area contributed by atoms with Crippen LogP contribution in [0.4, 0.5) is 5.13 Å². The Hall–Kier alpha value is -3.65. The quantitative estimate of drug-likeness (QED) is 0.392. The van der Waals surface area contributed by atoms with Crippen molar-refractivity contribution in [2.75, 3.05) is 11.5 Å². The number of fused-ring (bicyclic) bond motifs is 2. The van der Waals surface area contributed by atoms with Gasteiger partial charge in [0.2, 0.25) is 5.76 Å². The second-order valence-electron chi connectivity index (χ2n) is 7.90. The predicted molar refractivity (Wildman–Crippen MR) is 127 cm³/mol. The van der Waals surface area contributed by atoms with Crippen LogP contribution in [0.2, 0.25) is 0 Å². The molecule has 0 bridgehead atoms. The van der Waals surface area contributed by atoms with E-state index in [2.05, 4.69) is 4.98 Å². The van der Waals surface area contributed by atoms with Gasteiger partial charge in [-0.1, -0.05) is 12.1 Å². The molecule has 0 fully saturated rings. The van der Waals surface area contributed by atoms with Gasteiger partial charge in [0, 0.05) is 17.6 Å². The Morgan fingerprint density at radius 2 is 2.00 bits per heavy atom. The van der Waals surface area contributed by atoms with Crippen molar-refractivity contribution in [3.63, 3.8) is 0 Å². The molecule has 1 aliphatic heterocycles. The van der Waals surface area contributed by atoms with Gasteiger partial charge in [0.05, 0.1) is 29.7 Å². The number of amides is 1. The molecule has 1 amide bonds. The summed E-state index contributed by atoms with van der Waals surface area (Å²) in [4.78, 5) is 33.1. The lowest BCUT2D eigenvalue weighted by molar-refractivity contribution is 0.0970. The molecule has 168 valence electrons. The second-order valence-corrected chi connectivity index (χ2v) is 8.77. The molecule has 7 nitrogen and oxygen atoms in total. The van der Waals surface area contributed by atoms with E-state index in [9.17, 15) is 9.59 Å². The maximum atomic E-state index is 13.7. The first-order chi connectivity index (χ1) is 16.0. The Morgan fingerprint density at radius 1 is 1.15 bits per heavy atom. The Kier molecular flexibility index (Phi) is 5.38. The molecule has 0 saturated carbocycles. The van der Waals surface area contributed by atoms with Crippen LogP contribution in [0.1, 0.15) is 48.5 Å². The molecule has 2 aromatic heterocycles. The van der Waals surface area contributed by atoms with Crippen LogP contribution in [-0.2, 0) is 0 Å². The zero-order chi connectivity index (χ0) is 23.1. The third kappa shape index (κ3) is 3.66. The van der Waals surface area contributed by atoms with Crippen molar-refractivity contribution in [2.45, 2.75) is 32.9 Å². The number of hydrogen-bond acceptors (Lipinski definition) is 7. The third-order valence-corrected chi connectivity index (χ3v) is 6.10. The van der Waals surface area contributed by atoms with Crippen LogP contribution in [0, 0.1) is 0 Å². The van der Waals surface area contributed by atoms with Crippen molar-refractivity contribution in [3.05, 3.63) is 81.2 Å². The van der Waals surface area contributed by atoms with Gasteiger partial charge in [-0.2, -0.15) is 0 Å². The number of hydrogen-bond donors (Lipinski definition) is 0. The normalized spacial score (nSPS) is 15.3. The highest BCUT2D eigenvalue weighted by molar-refractivity contribution is 7.13. The van der Waals surface area contributed by atoms with E-state index < -0.39 is 11.9 Å². The molecule has 0 radical (unpaired) electrons. The summed E-state index contributed by atoms with van der Waals surface area (Å²) in [6, 6.07) is 11.8. The Bertz CT molecular complexity index is 1390. The molecule has 1 atom stereocenters. The standard InChI is InChI=1S/C25H22N2O5S/c1-4-30-16-8-9-18-19(13-16)32-23-20(22(18)28)21(27(24(23)29)25-26-10-11-33-25)15-6-5-7-17(12-15)31-14(2)3/h5-14,21H,4H2,1-3H3. The van der Waals surface area contributed by atoms with Crippen LogP contribution in [-0.4, -0.2) is 23.6 Å². The largest absolute Gasteiger partial charge is 0.494 e. The molecule has 33 heavy (non-hydrogen) atoms. The fourth-order valence-electron chi connectivity index (χ4n) is 4.09. The average Bonchev–Trinajstić information content (AvgIpc) is 3.40. The summed E-state index contributed by atoms with van der Waals surface area (Å²) >= 11 is 1.33. The maximum Gasteiger partial charge on any atom is 0.297 e. The second kappa shape index (κ2) is 8.37. The van der Waals surface area contributed by atoms with Crippen LogP contribution in [0.3, 0.4) is 0 Å². The Morgan fingerprint density at radius 3 is 2.73 bits per heavy atom. The van der Waals surface area contributed by atoms with Gasteiger partial charge in [-0.3, -0.25) is 14.5 Å². The number of nitrogens with zero attached hydrogens (tertiary/aromatic N) is 2. The molecule has 5 rings (SSSR count). The smallest absolute Gasteiger partial charge is 0.297 e. The number of aromatic nitrogens is 1. The van der Waals surface area contributed by atoms with Gasteiger partial charge < -0.3 is 13.9 Å². The summed E-state index contributed by atoms with van der Waals surface area (Å²) < 4.78 is 17.4. The number of benzene rings is 2. The first kappa shape index (κ1) is 21.2. The van der Waals surface area contributed by atoms with Gasteiger partial charge in [-0.15, -0.1) is 11.3 Å². The van der Waals surface area contributed by atoms with Gasteiger partial charge in [-0.05, 0) is 50.6 Å². The van der Waals surface area contributed by atoms with Crippen LogP contribution < -0.4 is 19.8 Å². The lowest BCUT2D eigenvalue weighted by Crippen LogP contribution is -2.29. The maximum absolute atomic E-state index is 13.7. The van der Waals surface area contributed by atoms with E-state index in [0.29, 0.717) is 39.8 Å². The van der Waals surface area contributed by atoms with Crippen molar-refractivity contribution in [2.24, 2.45) is 0 Å². The van der Waals surface area contributed by atoms with Crippen molar-refractivity contribution < 1.29 is 18.7 Å². The van der Waals surface area contributed by atoms with Gasteiger partial charge in [0.1, 0.15) is 17.1 Å². The van der Waals surface area contributed by atoms with E-state index in [0.717, 1.165) is 5.56 Å². The molecular weight excluding hydrogens is 440 g/mol. The highest BCUT2D eigenvalue weighted by Crippen LogP contribution is 2.42. The minimum Gasteiger partial charge on any atom is -0.494 e. The zero-order valence-corrected chi connectivity index (χ0v) is 19.2. The van der Waals surface area contributed by atoms with E-state index in [1.165, 1.54) is 16.2 Å². The molecule has 0 spiro atoms. The van der Waals surface area contributed by atoms with Crippen molar-refractivity contribution in [1.29, 1.82) is 0 Å². The molecule has 1 aliphatic rings. The zero-order valence-electron chi connectivity index (χ0n) is 18.4. The molecule has 4 aromatic rings. The number of rotatable bonds is 6. The summed E-state index contributed by atoms with van der Waals surface area (Å²) in [6.07, 6.45) is 1.62. The molecule has 0 saturated heterocycles. The summed E-state index contributed by atoms with van der Waals surface area (Å²) in [5, 5.41) is 2.68. The monoisotopic (exact) mass is 462 g/mol. The fourth-order valence-corrected chi connectivity index (χ4v) is 4.75. The molecule has 8 heteroatoms. The van der Waals surface area contributed by atoms with Crippen LogP contribution in [0.5, 0.6) is 11.5 Å². The van der Waals surface area contributed by atoms with Crippen molar-refractivity contribution in [1.82, 2.24) is 4.98 Å². The Labute approximate surface area is 194 Å².